The second-order valence-corrected chi connectivity index (χ2v) is 6.29. The van der Waals surface area contributed by atoms with E-state index in [4.69, 9.17) is 14.7 Å². The van der Waals surface area contributed by atoms with Crippen molar-refractivity contribution in [3.63, 3.8) is 0 Å². The molecule has 1 aliphatic rings. The average Bonchev–Trinajstić information content (AvgIpc) is 2.68. The highest BCUT2D eigenvalue weighted by Crippen LogP contribution is 2.29. The average molecular weight is 334 g/mol. The molecule has 0 bridgehead atoms. The summed E-state index contributed by atoms with van der Waals surface area (Å²) in [5.74, 6) is 2.45. The molecule has 1 aromatic heterocycles. The summed E-state index contributed by atoms with van der Waals surface area (Å²) in [6.45, 7) is 2.11. The Kier molecular flexibility index (Phi) is 4.37. The molecule has 1 aliphatic heterocycles. The number of nitrogens with one attached hydrogen (secondary N) is 1. The third-order valence-electron chi connectivity index (χ3n) is 4.56. The Balaban J connectivity index is 1.73. The summed E-state index contributed by atoms with van der Waals surface area (Å²) in [7, 11) is 1.67. The van der Waals surface area contributed by atoms with Gasteiger partial charge in [0.05, 0.1) is 12.6 Å². The van der Waals surface area contributed by atoms with Gasteiger partial charge in [0.2, 0.25) is 5.95 Å². The number of nitrogens with zero attached hydrogens (tertiary/aromatic N) is 3. The van der Waals surface area contributed by atoms with Gasteiger partial charge in [-0.25, -0.2) is 4.98 Å². The molecule has 0 aliphatic carbocycles. The largest absolute Gasteiger partial charge is 0.497 e. The van der Waals surface area contributed by atoms with E-state index in [1.54, 1.807) is 7.11 Å². The molecular weight excluding hydrogens is 312 g/mol. The number of aromatic nitrogens is 2. The summed E-state index contributed by atoms with van der Waals surface area (Å²) in [6, 6.07) is 16.0. The third-order valence-corrected chi connectivity index (χ3v) is 4.56. The number of para-hydroxylation sites is 1. The predicted molar refractivity (Wildman–Crippen MR) is 102 cm³/mol. The molecule has 1 saturated heterocycles. The first kappa shape index (κ1) is 15.7. The number of ether oxygens (including phenoxy) is 1. The van der Waals surface area contributed by atoms with E-state index in [0.29, 0.717) is 5.95 Å². The van der Waals surface area contributed by atoms with Crippen molar-refractivity contribution in [3.8, 4) is 5.75 Å². The van der Waals surface area contributed by atoms with Crippen molar-refractivity contribution in [2.75, 3.05) is 30.4 Å². The molecule has 0 spiro atoms. The first-order chi connectivity index (χ1) is 12.3. The number of fused-ring (bicyclic) bond motifs is 1. The second-order valence-electron chi connectivity index (χ2n) is 6.29. The van der Waals surface area contributed by atoms with Gasteiger partial charge in [-0.3, -0.25) is 0 Å². The lowest BCUT2D eigenvalue weighted by Gasteiger charge is -2.29. The van der Waals surface area contributed by atoms with Crippen molar-refractivity contribution < 1.29 is 4.74 Å². The Morgan fingerprint density at radius 1 is 0.960 bits per heavy atom. The van der Waals surface area contributed by atoms with Gasteiger partial charge >= 0.3 is 0 Å². The van der Waals surface area contributed by atoms with Crippen LogP contribution in [0.1, 0.15) is 19.3 Å². The van der Waals surface area contributed by atoms with Gasteiger partial charge < -0.3 is 15.0 Å². The summed E-state index contributed by atoms with van der Waals surface area (Å²) >= 11 is 0. The monoisotopic (exact) mass is 334 g/mol. The van der Waals surface area contributed by atoms with Crippen LogP contribution in [0.25, 0.3) is 10.9 Å². The molecule has 2 heterocycles. The van der Waals surface area contributed by atoms with Crippen molar-refractivity contribution >= 4 is 28.4 Å². The highest BCUT2D eigenvalue weighted by Gasteiger charge is 2.17. The molecule has 4 rings (SSSR count). The van der Waals surface area contributed by atoms with Crippen LogP contribution in [0.2, 0.25) is 0 Å². The fraction of sp³-hybridized carbons (Fsp3) is 0.300. The number of piperidine rings is 1. The molecule has 128 valence electrons. The van der Waals surface area contributed by atoms with Crippen LogP contribution in [0.3, 0.4) is 0 Å². The van der Waals surface area contributed by atoms with Crippen LogP contribution < -0.4 is 15.0 Å². The van der Waals surface area contributed by atoms with E-state index < -0.39 is 0 Å². The van der Waals surface area contributed by atoms with Crippen LogP contribution in [0.4, 0.5) is 17.5 Å². The van der Waals surface area contributed by atoms with E-state index in [2.05, 4.69) is 16.3 Å². The van der Waals surface area contributed by atoms with Crippen molar-refractivity contribution in [1.29, 1.82) is 0 Å². The molecule has 0 radical (unpaired) electrons. The van der Waals surface area contributed by atoms with Gasteiger partial charge in [0.25, 0.3) is 0 Å². The van der Waals surface area contributed by atoms with Crippen LogP contribution in [0.15, 0.2) is 48.5 Å². The molecule has 0 unspecified atom stereocenters. The van der Waals surface area contributed by atoms with E-state index in [9.17, 15) is 0 Å². The van der Waals surface area contributed by atoms with E-state index >= 15 is 0 Å². The quantitative estimate of drug-likeness (QED) is 0.768. The maximum atomic E-state index is 5.29. The van der Waals surface area contributed by atoms with E-state index in [-0.39, 0.29) is 0 Å². The number of anilines is 3. The molecule has 2 aromatic carbocycles. The number of hydrogen-bond acceptors (Lipinski definition) is 5. The standard InChI is InChI=1S/C20H22N4O/c1-25-16-9-7-8-15(14-16)21-20-22-18-11-4-3-10-17(18)19(23-20)24-12-5-2-6-13-24/h3-4,7-11,14H,2,5-6,12-13H2,1H3,(H,21,22,23). The fourth-order valence-corrected chi connectivity index (χ4v) is 3.29. The fourth-order valence-electron chi connectivity index (χ4n) is 3.29. The summed E-state index contributed by atoms with van der Waals surface area (Å²) in [6.07, 6.45) is 3.74. The molecule has 1 N–H and O–H groups in total. The first-order valence-electron chi connectivity index (χ1n) is 8.76. The minimum atomic E-state index is 0.618. The van der Waals surface area contributed by atoms with Crippen LogP contribution in [0, 0.1) is 0 Å². The SMILES string of the molecule is COc1cccc(Nc2nc(N3CCCCC3)c3ccccc3n2)c1. The minimum absolute atomic E-state index is 0.618. The zero-order valence-corrected chi connectivity index (χ0v) is 14.4. The topological polar surface area (TPSA) is 50.3 Å². The van der Waals surface area contributed by atoms with Gasteiger partial charge in [-0.15, -0.1) is 0 Å². The zero-order chi connectivity index (χ0) is 17.1. The molecule has 5 heteroatoms. The molecule has 25 heavy (non-hydrogen) atoms. The first-order valence-corrected chi connectivity index (χ1v) is 8.76. The molecule has 3 aromatic rings. The summed E-state index contributed by atoms with van der Waals surface area (Å²) < 4.78 is 5.29. The number of benzene rings is 2. The molecule has 1 fully saturated rings. The van der Waals surface area contributed by atoms with Crippen LogP contribution in [0.5, 0.6) is 5.75 Å². The number of methoxy groups -OCH3 is 1. The summed E-state index contributed by atoms with van der Waals surface area (Å²) in [5.41, 5.74) is 1.88. The highest BCUT2D eigenvalue weighted by atomic mass is 16.5. The number of rotatable bonds is 4. The van der Waals surface area contributed by atoms with Crippen molar-refractivity contribution in [3.05, 3.63) is 48.5 Å². The van der Waals surface area contributed by atoms with Crippen LogP contribution in [-0.2, 0) is 0 Å². The van der Waals surface area contributed by atoms with Gasteiger partial charge in [-0.2, -0.15) is 4.98 Å². The second kappa shape index (κ2) is 6.97. The van der Waals surface area contributed by atoms with E-state index in [1.807, 2.05) is 42.5 Å². The summed E-state index contributed by atoms with van der Waals surface area (Å²) in [4.78, 5) is 11.9. The van der Waals surface area contributed by atoms with Gasteiger partial charge in [-0.1, -0.05) is 18.2 Å². The maximum Gasteiger partial charge on any atom is 0.229 e. The van der Waals surface area contributed by atoms with Crippen LogP contribution in [-0.4, -0.2) is 30.2 Å². The van der Waals surface area contributed by atoms with E-state index in [0.717, 1.165) is 41.2 Å². The van der Waals surface area contributed by atoms with Crippen molar-refractivity contribution in [2.24, 2.45) is 0 Å². The Morgan fingerprint density at radius 2 is 1.80 bits per heavy atom. The Bertz CT molecular complexity index is 874. The predicted octanol–water partition coefficient (Wildman–Crippen LogP) is 4.37. The normalized spacial score (nSPS) is 14.5. The zero-order valence-electron chi connectivity index (χ0n) is 14.4. The molecule has 5 nitrogen and oxygen atoms in total. The van der Waals surface area contributed by atoms with Gasteiger partial charge in [-0.05, 0) is 43.5 Å². The Labute approximate surface area is 147 Å². The van der Waals surface area contributed by atoms with E-state index in [1.165, 1.54) is 19.3 Å². The third kappa shape index (κ3) is 3.36. The van der Waals surface area contributed by atoms with Crippen molar-refractivity contribution in [1.82, 2.24) is 9.97 Å². The van der Waals surface area contributed by atoms with Gasteiger partial charge in [0, 0.05) is 30.2 Å². The molecule has 0 atom stereocenters. The lowest BCUT2D eigenvalue weighted by atomic mass is 10.1. The van der Waals surface area contributed by atoms with Gasteiger partial charge in [0.15, 0.2) is 0 Å². The smallest absolute Gasteiger partial charge is 0.229 e. The maximum absolute atomic E-state index is 5.29. The number of hydrogen-bond donors (Lipinski definition) is 1. The molecule has 0 amide bonds. The van der Waals surface area contributed by atoms with Gasteiger partial charge in [0.1, 0.15) is 11.6 Å². The minimum Gasteiger partial charge on any atom is -0.497 e. The van der Waals surface area contributed by atoms with Crippen LogP contribution >= 0.6 is 0 Å². The Morgan fingerprint density at radius 3 is 2.64 bits per heavy atom. The highest BCUT2D eigenvalue weighted by molar-refractivity contribution is 5.90. The molecule has 0 saturated carbocycles. The summed E-state index contributed by atoms with van der Waals surface area (Å²) in [5, 5.41) is 4.43. The lowest BCUT2D eigenvalue weighted by Crippen LogP contribution is -2.30. The lowest BCUT2D eigenvalue weighted by molar-refractivity contribution is 0.415. The Hall–Kier alpha value is -2.82. The molecular formula is C20H22N4O. The van der Waals surface area contributed by atoms with Crippen molar-refractivity contribution in [2.45, 2.75) is 19.3 Å².